The van der Waals surface area contributed by atoms with Crippen LogP contribution in [0.4, 0.5) is 5.69 Å². The van der Waals surface area contributed by atoms with Crippen molar-refractivity contribution in [1.82, 2.24) is 9.80 Å². The van der Waals surface area contributed by atoms with Crippen molar-refractivity contribution in [3.05, 3.63) is 29.3 Å². The first-order valence-corrected chi connectivity index (χ1v) is 8.65. The molecule has 1 saturated heterocycles. The van der Waals surface area contributed by atoms with Crippen LogP contribution < -0.4 is 5.32 Å². The highest BCUT2D eigenvalue weighted by molar-refractivity contribution is 6.30. The summed E-state index contributed by atoms with van der Waals surface area (Å²) >= 11 is 5.83. The lowest BCUT2D eigenvalue weighted by Gasteiger charge is -2.35. The van der Waals surface area contributed by atoms with Crippen molar-refractivity contribution in [2.24, 2.45) is 5.41 Å². The number of halogens is 1. The van der Waals surface area contributed by atoms with Gasteiger partial charge in [0.25, 0.3) is 0 Å². The normalized spacial score (nSPS) is 16.8. The van der Waals surface area contributed by atoms with Gasteiger partial charge in [0, 0.05) is 42.3 Å². The number of amides is 1. The van der Waals surface area contributed by atoms with Crippen LogP contribution in [0.3, 0.4) is 0 Å². The Morgan fingerprint density at radius 3 is 2.00 bits per heavy atom. The molecule has 2 rings (SSSR count). The molecule has 0 saturated carbocycles. The first-order valence-electron chi connectivity index (χ1n) is 8.27. The molecule has 1 aromatic rings. The highest BCUT2D eigenvalue weighted by Gasteiger charge is 2.26. The van der Waals surface area contributed by atoms with Crippen LogP contribution >= 0.6 is 11.6 Å². The number of benzene rings is 1. The number of anilines is 1. The number of Topliss-reactive ketones (excluding diaryl/α,β-unsaturated/α-hetero) is 1. The summed E-state index contributed by atoms with van der Waals surface area (Å²) < 4.78 is 0. The lowest BCUT2D eigenvalue weighted by Crippen LogP contribution is -2.50. The number of hydrogen-bond acceptors (Lipinski definition) is 4. The molecule has 1 fully saturated rings. The Labute approximate surface area is 149 Å². The van der Waals surface area contributed by atoms with Crippen molar-refractivity contribution < 1.29 is 9.59 Å². The Bertz CT molecular complexity index is 573. The summed E-state index contributed by atoms with van der Waals surface area (Å²) in [5.41, 5.74) is 0.453. The highest BCUT2D eigenvalue weighted by Crippen LogP contribution is 2.16. The maximum absolute atomic E-state index is 12.1. The van der Waals surface area contributed by atoms with Crippen molar-refractivity contribution >= 4 is 29.0 Å². The molecule has 1 N–H and O–H groups in total. The number of hydrogen-bond donors (Lipinski definition) is 1. The molecule has 1 aliphatic rings. The zero-order chi connectivity index (χ0) is 17.7. The van der Waals surface area contributed by atoms with Gasteiger partial charge in [-0.05, 0) is 24.3 Å². The molecule has 1 heterocycles. The van der Waals surface area contributed by atoms with Crippen molar-refractivity contribution in [1.29, 1.82) is 0 Å². The summed E-state index contributed by atoms with van der Waals surface area (Å²) in [7, 11) is 0. The summed E-state index contributed by atoms with van der Waals surface area (Å²) in [4.78, 5) is 28.5. The third kappa shape index (κ3) is 5.89. The average molecular weight is 352 g/mol. The summed E-state index contributed by atoms with van der Waals surface area (Å²) in [6, 6.07) is 7.08. The summed E-state index contributed by atoms with van der Waals surface area (Å²) in [6.07, 6.45) is 0. The molecular formula is C18H26ClN3O2. The maximum atomic E-state index is 12.1. The van der Waals surface area contributed by atoms with Crippen molar-refractivity contribution in [3.8, 4) is 0 Å². The van der Waals surface area contributed by atoms with Crippen LogP contribution in [0.25, 0.3) is 0 Å². The molecule has 0 aromatic heterocycles. The fourth-order valence-electron chi connectivity index (χ4n) is 2.48. The van der Waals surface area contributed by atoms with E-state index in [1.807, 2.05) is 20.8 Å². The van der Waals surface area contributed by atoms with Crippen molar-refractivity contribution in [3.63, 3.8) is 0 Å². The Morgan fingerprint density at radius 2 is 1.50 bits per heavy atom. The summed E-state index contributed by atoms with van der Waals surface area (Å²) in [6.45, 7) is 9.94. The van der Waals surface area contributed by atoms with E-state index in [1.165, 1.54) is 0 Å². The predicted octanol–water partition coefficient (Wildman–Crippen LogP) is 2.51. The summed E-state index contributed by atoms with van der Waals surface area (Å²) in [5, 5.41) is 3.52. The quantitative estimate of drug-likeness (QED) is 0.885. The number of nitrogens with one attached hydrogen (secondary N) is 1. The molecule has 0 atom stereocenters. The van der Waals surface area contributed by atoms with Crippen LogP contribution in [0.1, 0.15) is 20.8 Å². The van der Waals surface area contributed by atoms with Gasteiger partial charge >= 0.3 is 0 Å². The fourth-order valence-corrected chi connectivity index (χ4v) is 2.61. The van der Waals surface area contributed by atoms with E-state index in [0.29, 0.717) is 18.1 Å². The van der Waals surface area contributed by atoms with Crippen LogP contribution in [0.2, 0.25) is 5.02 Å². The van der Waals surface area contributed by atoms with Gasteiger partial charge in [0.05, 0.1) is 13.1 Å². The van der Waals surface area contributed by atoms with Gasteiger partial charge in [-0.1, -0.05) is 32.4 Å². The van der Waals surface area contributed by atoms with E-state index >= 15 is 0 Å². The minimum atomic E-state index is -0.296. The third-order valence-electron chi connectivity index (χ3n) is 4.16. The van der Waals surface area contributed by atoms with Gasteiger partial charge in [-0.15, -0.1) is 0 Å². The van der Waals surface area contributed by atoms with E-state index in [9.17, 15) is 9.59 Å². The van der Waals surface area contributed by atoms with E-state index in [2.05, 4.69) is 15.1 Å². The third-order valence-corrected chi connectivity index (χ3v) is 4.42. The maximum Gasteiger partial charge on any atom is 0.238 e. The predicted molar refractivity (Wildman–Crippen MR) is 97.4 cm³/mol. The number of carbonyl (C=O) groups is 2. The molecule has 0 spiro atoms. The van der Waals surface area contributed by atoms with Crippen molar-refractivity contribution in [2.75, 3.05) is 44.6 Å². The minimum absolute atomic E-state index is 0.0310. The SMILES string of the molecule is CC(C)(C)C(=O)CN1CCN(CC(=O)Nc2ccc(Cl)cc2)CC1. The molecule has 6 heteroatoms. The minimum Gasteiger partial charge on any atom is -0.325 e. The highest BCUT2D eigenvalue weighted by atomic mass is 35.5. The van der Waals surface area contributed by atoms with E-state index < -0.39 is 0 Å². The van der Waals surface area contributed by atoms with Gasteiger partial charge in [0.1, 0.15) is 0 Å². The van der Waals surface area contributed by atoms with Gasteiger partial charge in [-0.3, -0.25) is 19.4 Å². The fraction of sp³-hybridized carbons (Fsp3) is 0.556. The zero-order valence-electron chi connectivity index (χ0n) is 14.6. The Hall–Kier alpha value is -1.43. The summed E-state index contributed by atoms with van der Waals surface area (Å²) in [5.74, 6) is 0.230. The van der Waals surface area contributed by atoms with E-state index in [4.69, 9.17) is 11.6 Å². The van der Waals surface area contributed by atoms with E-state index in [-0.39, 0.29) is 17.1 Å². The van der Waals surface area contributed by atoms with Crippen LogP contribution in [0.5, 0.6) is 0 Å². The molecule has 1 aromatic carbocycles. The van der Waals surface area contributed by atoms with Gasteiger partial charge in [0.2, 0.25) is 5.91 Å². The standard InChI is InChI=1S/C18H26ClN3O2/c1-18(2,3)16(23)12-21-8-10-22(11-9-21)13-17(24)20-15-6-4-14(19)5-7-15/h4-7H,8-13H2,1-3H3,(H,20,24). The first-order chi connectivity index (χ1) is 11.2. The molecule has 1 aliphatic heterocycles. The molecule has 24 heavy (non-hydrogen) atoms. The number of carbonyl (C=O) groups excluding carboxylic acids is 2. The van der Waals surface area contributed by atoms with Crippen LogP contribution in [-0.2, 0) is 9.59 Å². The monoisotopic (exact) mass is 351 g/mol. The first kappa shape index (κ1) is 18.9. The Morgan fingerprint density at radius 1 is 1.00 bits per heavy atom. The van der Waals surface area contributed by atoms with Crippen LogP contribution in [0.15, 0.2) is 24.3 Å². The largest absolute Gasteiger partial charge is 0.325 e. The van der Waals surface area contributed by atoms with E-state index in [0.717, 1.165) is 31.9 Å². The van der Waals surface area contributed by atoms with E-state index in [1.54, 1.807) is 24.3 Å². The molecule has 132 valence electrons. The van der Waals surface area contributed by atoms with Crippen LogP contribution in [-0.4, -0.2) is 60.8 Å². The Kier molecular flexibility index (Phi) is 6.38. The lowest BCUT2D eigenvalue weighted by atomic mass is 9.90. The Balaban J connectivity index is 1.73. The average Bonchev–Trinajstić information content (AvgIpc) is 2.50. The molecule has 0 unspecified atom stereocenters. The molecule has 5 nitrogen and oxygen atoms in total. The van der Waals surface area contributed by atoms with Gasteiger partial charge < -0.3 is 5.32 Å². The smallest absolute Gasteiger partial charge is 0.238 e. The molecular weight excluding hydrogens is 326 g/mol. The molecule has 0 aliphatic carbocycles. The number of ketones is 1. The molecule has 0 radical (unpaired) electrons. The topological polar surface area (TPSA) is 52.7 Å². The number of rotatable bonds is 5. The molecule has 0 bridgehead atoms. The van der Waals surface area contributed by atoms with Gasteiger partial charge in [-0.25, -0.2) is 0 Å². The van der Waals surface area contributed by atoms with Gasteiger partial charge in [-0.2, -0.15) is 0 Å². The lowest BCUT2D eigenvalue weighted by molar-refractivity contribution is -0.128. The second-order valence-corrected chi connectivity index (χ2v) is 7.72. The second-order valence-electron chi connectivity index (χ2n) is 7.28. The zero-order valence-corrected chi connectivity index (χ0v) is 15.4. The second kappa shape index (κ2) is 8.10. The van der Waals surface area contributed by atoms with Crippen molar-refractivity contribution in [2.45, 2.75) is 20.8 Å². The van der Waals surface area contributed by atoms with Crippen LogP contribution in [0, 0.1) is 5.41 Å². The van der Waals surface area contributed by atoms with Gasteiger partial charge in [0.15, 0.2) is 5.78 Å². The number of nitrogens with zero attached hydrogens (tertiary/aromatic N) is 2. The molecule has 1 amide bonds. The number of piperazine rings is 1.